The Labute approximate surface area is 148 Å². The van der Waals surface area contributed by atoms with Gasteiger partial charge in [0.05, 0.1) is 6.61 Å². The summed E-state index contributed by atoms with van der Waals surface area (Å²) in [6.45, 7) is 1.86. The van der Waals surface area contributed by atoms with E-state index in [1.807, 2.05) is 26.2 Å². The van der Waals surface area contributed by atoms with Crippen LogP contribution in [0.4, 0.5) is 4.39 Å². The molecule has 4 nitrogen and oxygen atoms in total. The number of amides is 1. The summed E-state index contributed by atoms with van der Waals surface area (Å²) < 4.78 is 18.2. The van der Waals surface area contributed by atoms with E-state index in [0.717, 1.165) is 12.1 Å². The molecule has 0 aromatic heterocycles. The van der Waals surface area contributed by atoms with E-state index < -0.39 is 0 Å². The van der Waals surface area contributed by atoms with Gasteiger partial charge in [-0.3, -0.25) is 4.79 Å². The van der Waals surface area contributed by atoms with Gasteiger partial charge in [-0.05, 0) is 55.9 Å². The van der Waals surface area contributed by atoms with Crippen LogP contribution in [0.5, 0.6) is 5.75 Å². The van der Waals surface area contributed by atoms with E-state index in [-0.39, 0.29) is 11.7 Å². The van der Waals surface area contributed by atoms with Crippen LogP contribution in [0, 0.1) is 5.82 Å². The predicted octanol–water partition coefficient (Wildman–Crippen LogP) is 3.36. The van der Waals surface area contributed by atoms with Gasteiger partial charge in [0.25, 0.3) is 0 Å². The zero-order valence-corrected chi connectivity index (χ0v) is 14.8. The number of halogens is 1. The molecule has 5 heteroatoms. The Balaban J connectivity index is 1.62. The lowest BCUT2D eigenvalue weighted by atomic mass is 10.1. The second-order valence-electron chi connectivity index (χ2n) is 6.24. The molecule has 0 aliphatic rings. The maximum atomic E-state index is 12.8. The van der Waals surface area contributed by atoms with Gasteiger partial charge in [0, 0.05) is 19.5 Å². The quantitative estimate of drug-likeness (QED) is 0.709. The monoisotopic (exact) mass is 344 g/mol. The molecule has 0 saturated heterocycles. The molecule has 0 saturated carbocycles. The molecule has 134 valence electrons. The van der Waals surface area contributed by atoms with E-state index in [1.54, 1.807) is 12.1 Å². The van der Waals surface area contributed by atoms with Gasteiger partial charge in [0.1, 0.15) is 11.6 Å². The smallest absolute Gasteiger partial charge is 0.220 e. The van der Waals surface area contributed by atoms with Gasteiger partial charge in [0.2, 0.25) is 5.91 Å². The summed E-state index contributed by atoms with van der Waals surface area (Å²) in [6.07, 6.45) is 1.02. The highest BCUT2D eigenvalue weighted by atomic mass is 19.1. The zero-order chi connectivity index (χ0) is 18.1. The third-order valence-corrected chi connectivity index (χ3v) is 3.64. The number of rotatable bonds is 9. The van der Waals surface area contributed by atoms with Crippen molar-refractivity contribution >= 4 is 5.91 Å². The van der Waals surface area contributed by atoms with E-state index in [2.05, 4.69) is 22.3 Å². The molecule has 25 heavy (non-hydrogen) atoms. The maximum Gasteiger partial charge on any atom is 0.220 e. The molecule has 0 radical (unpaired) electrons. The summed E-state index contributed by atoms with van der Waals surface area (Å²) in [7, 11) is 4.07. The molecule has 0 heterocycles. The molecule has 0 bridgehead atoms. The van der Waals surface area contributed by atoms with Gasteiger partial charge in [-0.15, -0.1) is 0 Å². The highest BCUT2D eigenvalue weighted by Crippen LogP contribution is 2.11. The summed E-state index contributed by atoms with van der Waals surface area (Å²) in [4.78, 5) is 14.0. The Kier molecular flexibility index (Phi) is 7.41. The van der Waals surface area contributed by atoms with Crippen LogP contribution in [-0.4, -0.2) is 31.5 Å². The first-order chi connectivity index (χ1) is 12.0. The van der Waals surface area contributed by atoms with Crippen LogP contribution in [0.15, 0.2) is 48.5 Å². The Morgan fingerprint density at radius 1 is 1.04 bits per heavy atom. The molecular formula is C20H25FN2O2. The predicted molar refractivity (Wildman–Crippen MR) is 96.8 cm³/mol. The Bertz CT molecular complexity index is 654. The lowest BCUT2D eigenvalue weighted by Crippen LogP contribution is -2.23. The Morgan fingerprint density at radius 3 is 2.32 bits per heavy atom. The molecule has 2 rings (SSSR count). The lowest BCUT2D eigenvalue weighted by molar-refractivity contribution is -0.121. The summed E-state index contributed by atoms with van der Waals surface area (Å²) in [5.74, 6) is 0.321. The first-order valence-electron chi connectivity index (χ1n) is 8.40. The van der Waals surface area contributed by atoms with Crippen LogP contribution in [0.1, 0.15) is 24.0 Å². The number of hydrogen-bond donors (Lipinski definition) is 1. The lowest BCUT2D eigenvalue weighted by Gasteiger charge is -2.10. The fourth-order valence-electron chi connectivity index (χ4n) is 2.37. The fourth-order valence-corrected chi connectivity index (χ4v) is 2.37. The second kappa shape index (κ2) is 9.79. The Morgan fingerprint density at radius 2 is 1.68 bits per heavy atom. The molecule has 0 unspecified atom stereocenters. The molecule has 0 aliphatic carbocycles. The van der Waals surface area contributed by atoms with Crippen molar-refractivity contribution in [3.05, 3.63) is 65.5 Å². The molecule has 0 spiro atoms. The van der Waals surface area contributed by atoms with Gasteiger partial charge < -0.3 is 15.0 Å². The minimum atomic E-state index is -0.290. The van der Waals surface area contributed by atoms with Gasteiger partial charge in [-0.1, -0.05) is 24.3 Å². The van der Waals surface area contributed by atoms with E-state index >= 15 is 0 Å². The number of nitrogens with one attached hydrogen (secondary N) is 1. The summed E-state index contributed by atoms with van der Waals surface area (Å²) in [5.41, 5.74) is 2.33. The molecule has 1 N–H and O–H groups in total. The largest absolute Gasteiger partial charge is 0.494 e. The summed E-state index contributed by atoms with van der Waals surface area (Å²) >= 11 is 0. The first kappa shape index (κ1) is 18.9. The SMILES string of the molecule is CN(C)Cc1ccc(CNC(=O)CCCOc2ccc(F)cc2)cc1. The fraction of sp³-hybridized carbons (Fsp3) is 0.350. The zero-order valence-electron chi connectivity index (χ0n) is 14.8. The van der Waals surface area contributed by atoms with Crippen molar-refractivity contribution in [3.63, 3.8) is 0 Å². The first-order valence-corrected chi connectivity index (χ1v) is 8.40. The third kappa shape index (κ3) is 7.35. The number of carbonyl (C=O) groups excluding carboxylic acids is 1. The van der Waals surface area contributed by atoms with Crippen molar-refractivity contribution < 1.29 is 13.9 Å². The summed E-state index contributed by atoms with van der Waals surface area (Å²) in [6, 6.07) is 14.1. The molecule has 0 fully saturated rings. The van der Waals surface area contributed by atoms with Gasteiger partial charge in [-0.2, -0.15) is 0 Å². The van der Waals surface area contributed by atoms with E-state index in [9.17, 15) is 9.18 Å². The van der Waals surface area contributed by atoms with Crippen molar-refractivity contribution in [1.29, 1.82) is 0 Å². The van der Waals surface area contributed by atoms with Crippen LogP contribution < -0.4 is 10.1 Å². The molecule has 0 aliphatic heterocycles. The standard InChI is InChI=1S/C20H25FN2O2/c1-23(2)15-17-7-5-16(6-8-17)14-22-20(24)4-3-13-25-19-11-9-18(21)10-12-19/h5-12H,3-4,13-15H2,1-2H3,(H,22,24). The average Bonchev–Trinajstić information content (AvgIpc) is 2.59. The van der Waals surface area contributed by atoms with Crippen LogP contribution in [0.2, 0.25) is 0 Å². The van der Waals surface area contributed by atoms with Gasteiger partial charge >= 0.3 is 0 Å². The van der Waals surface area contributed by atoms with E-state index in [4.69, 9.17) is 4.74 Å². The Hall–Kier alpha value is -2.40. The maximum absolute atomic E-state index is 12.8. The van der Waals surface area contributed by atoms with Crippen LogP contribution >= 0.6 is 0 Å². The van der Waals surface area contributed by atoms with Crippen LogP contribution in [0.3, 0.4) is 0 Å². The molecule has 2 aromatic rings. The van der Waals surface area contributed by atoms with Crippen molar-refractivity contribution in [1.82, 2.24) is 10.2 Å². The summed E-state index contributed by atoms with van der Waals surface area (Å²) in [5, 5.41) is 2.91. The van der Waals surface area contributed by atoms with Crippen molar-refractivity contribution in [2.45, 2.75) is 25.9 Å². The molecule has 2 aromatic carbocycles. The second-order valence-corrected chi connectivity index (χ2v) is 6.24. The number of ether oxygens (including phenoxy) is 1. The number of carbonyl (C=O) groups is 1. The van der Waals surface area contributed by atoms with Crippen molar-refractivity contribution in [2.75, 3.05) is 20.7 Å². The highest BCUT2D eigenvalue weighted by Gasteiger charge is 2.03. The van der Waals surface area contributed by atoms with Crippen molar-refractivity contribution in [3.8, 4) is 5.75 Å². The van der Waals surface area contributed by atoms with Crippen LogP contribution in [0.25, 0.3) is 0 Å². The minimum Gasteiger partial charge on any atom is -0.494 e. The number of nitrogens with zero attached hydrogens (tertiary/aromatic N) is 1. The number of benzene rings is 2. The van der Waals surface area contributed by atoms with Crippen molar-refractivity contribution in [2.24, 2.45) is 0 Å². The molecule has 1 amide bonds. The molecular weight excluding hydrogens is 319 g/mol. The minimum absolute atomic E-state index is 0.0000687. The van der Waals surface area contributed by atoms with Crippen LogP contribution in [-0.2, 0) is 17.9 Å². The van der Waals surface area contributed by atoms with E-state index in [1.165, 1.54) is 17.7 Å². The van der Waals surface area contributed by atoms with E-state index in [0.29, 0.717) is 31.7 Å². The molecule has 0 atom stereocenters. The normalized spacial score (nSPS) is 10.7. The van der Waals surface area contributed by atoms with Gasteiger partial charge in [-0.25, -0.2) is 4.39 Å². The third-order valence-electron chi connectivity index (χ3n) is 3.64. The number of hydrogen-bond acceptors (Lipinski definition) is 3. The highest BCUT2D eigenvalue weighted by molar-refractivity contribution is 5.75. The average molecular weight is 344 g/mol. The van der Waals surface area contributed by atoms with Gasteiger partial charge in [0.15, 0.2) is 0 Å². The topological polar surface area (TPSA) is 41.6 Å².